The van der Waals surface area contributed by atoms with Gasteiger partial charge in [-0.2, -0.15) is 12.7 Å². The van der Waals surface area contributed by atoms with Crippen molar-refractivity contribution < 1.29 is 8.42 Å². The number of nitrogens with zero attached hydrogens (tertiary/aromatic N) is 1. The molecule has 0 bridgehead atoms. The van der Waals surface area contributed by atoms with Gasteiger partial charge < -0.3 is 5.32 Å². The summed E-state index contributed by atoms with van der Waals surface area (Å²) in [4.78, 5) is 0. The Bertz CT molecular complexity index is 503. The maximum Gasteiger partial charge on any atom is 0.301 e. The third kappa shape index (κ3) is 6.21. The third-order valence-corrected chi connectivity index (χ3v) is 4.73. The molecule has 0 atom stereocenters. The number of hydrogen-bond donors (Lipinski definition) is 2. The van der Waals surface area contributed by atoms with Gasteiger partial charge in [0, 0.05) is 29.8 Å². The highest BCUT2D eigenvalue weighted by atomic mass is 79.9. The molecule has 2 N–H and O–H groups in total. The van der Waals surface area contributed by atoms with Crippen LogP contribution in [0.15, 0.2) is 28.7 Å². The number of anilines is 1. The molecule has 0 amide bonds. The van der Waals surface area contributed by atoms with E-state index in [0.717, 1.165) is 17.4 Å². The Labute approximate surface area is 130 Å². The first-order valence-electron chi connectivity index (χ1n) is 6.54. The van der Waals surface area contributed by atoms with Gasteiger partial charge in [-0.15, -0.1) is 0 Å². The van der Waals surface area contributed by atoms with Gasteiger partial charge in [-0.3, -0.25) is 4.72 Å². The summed E-state index contributed by atoms with van der Waals surface area (Å²) in [5.41, 5.74) is 0.556. The van der Waals surface area contributed by atoms with Gasteiger partial charge in [-0.1, -0.05) is 29.8 Å². The second-order valence-electron chi connectivity index (χ2n) is 4.90. The van der Waals surface area contributed by atoms with Crippen molar-refractivity contribution in [1.82, 2.24) is 9.62 Å². The van der Waals surface area contributed by atoms with E-state index in [2.05, 4.69) is 39.8 Å². The van der Waals surface area contributed by atoms with E-state index in [1.54, 1.807) is 31.3 Å². The Hall–Kier alpha value is -0.630. The quantitative estimate of drug-likeness (QED) is 0.697. The fourth-order valence-corrected chi connectivity index (χ4v) is 2.78. The van der Waals surface area contributed by atoms with E-state index in [-0.39, 0.29) is 0 Å². The molecule has 0 aliphatic heterocycles. The summed E-state index contributed by atoms with van der Waals surface area (Å²) in [5.74, 6) is 0. The number of halogens is 1. The van der Waals surface area contributed by atoms with Crippen molar-refractivity contribution in [3.8, 4) is 0 Å². The van der Waals surface area contributed by atoms with Crippen LogP contribution in [0.4, 0.5) is 5.69 Å². The predicted octanol–water partition coefficient (Wildman–Crippen LogP) is 2.43. The van der Waals surface area contributed by atoms with Gasteiger partial charge in [0.1, 0.15) is 0 Å². The van der Waals surface area contributed by atoms with E-state index < -0.39 is 10.2 Å². The summed E-state index contributed by atoms with van der Waals surface area (Å²) in [5, 5.41) is 3.26. The zero-order valence-corrected chi connectivity index (χ0v) is 14.5. The molecule has 0 aliphatic carbocycles. The Morgan fingerprint density at radius 1 is 1.25 bits per heavy atom. The second-order valence-corrected chi connectivity index (χ2v) is 7.59. The van der Waals surface area contributed by atoms with Gasteiger partial charge in [0.25, 0.3) is 0 Å². The van der Waals surface area contributed by atoms with E-state index in [9.17, 15) is 8.42 Å². The zero-order chi connectivity index (χ0) is 15.2. The normalized spacial score (nSPS) is 12.1. The molecule has 0 fully saturated rings. The molecular formula is C13H22BrN3O2S. The Kier molecular flexibility index (Phi) is 6.94. The molecule has 114 valence electrons. The fourth-order valence-electron chi connectivity index (χ4n) is 1.56. The summed E-state index contributed by atoms with van der Waals surface area (Å²) >= 11 is 3.31. The molecule has 1 aromatic rings. The van der Waals surface area contributed by atoms with Gasteiger partial charge in [0.05, 0.1) is 0 Å². The Morgan fingerprint density at radius 3 is 2.40 bits per heavy atom. The average molecular weight is 364 g/mol. The van der Waals surface area contributed by atoms with Gasteiger partial charge >= 0.3 is 10.2 Å². The minimum absolute atomic E-state index is 0.415. The summed E-state index contributed by atoms with van der Waals surface area (Å²) in [6, 6.07) is 7.44. The standard InChI is InChI=1S/C13H22BrN3O2S/c1-11(2)15-9-4-10-17(3)20(18,19)16-13-7-5-12(14)6-8-13/h5-8,11,15-16H,4,9-10H2,1-3H3. The Balaban J connectivity index is 2.48. The smallest absolute Gasteiger partial charge is 0.301 e. The van der Waals surface area contributed by atoms with E-state index >= 15 is 0 Å². The van der Waals surface area contributed by atoms with E-state index in [1.165, 1.54) is 4.31 Å². The highest BCUT2D eigenvalue weighted by Gasteiger charge is 2.16. The monoisotopic (exact) mass is 363 g/mol. The van der Waals surface area contributed by atoms with Crippen molar-refractivity contribution >= 4 is 31.8 Å². The number of hydrogen-bond acceptors (Lipinski definition) is 3. The summed E-state index contributed by atoms with van der Waals surface area (Å²) < 4.78 is 29.0. The lowest BCUT2D eigenvalue weighted by Gasteiger charge is -2.18. The molecule has 1 rings (SSSR count). The van der Waals surface area contributed by atoms with Crippen LogP contribution in [0.5, 0.6) is 0 Å². The SMILES string of the molecule is CC(C)NCCCN(C)S(=O)(=O)Nc1ccc(Br)cc1. The number of benzene rings is 1. The fraction of sp³-hybridized carbons (Fsp3) is 0.538. The first kappa shape index (κ1) is 17.4. The summed E-state index contributed by atoms with van der Waals surface area (Å²) in [6.45, 7) is 5.41. The van der Waals surface area contributed by atoms with E-state index in [1.807, 2.05) is 0 Å². The molecule has 7 heteroatoms. The van der Waals surface area contributed by atoms with E-state index in [4.69, 9.17) is 0 Å². The molecule has 0 spiro atoms. The van der Waals surface area contributed by atoms with Gasteiger partial charge in [0.2, 0.25) is 0 Å². The first-order valence-corrected chi connectivity index (χ1v) is 8.77. The third-order valence-electron chi connectivity index (χ3n) is 2.70. The van der Waals surface area contributed by atoms with Crippen molar-refractivity contribution in [3.05, 3.63) is 28.7 Å². The van der Waals surface area contributed by atoms with Crippen LogP contribution in [0, 0.1) is 0 Å². The van der Waals surface area contributed by atoms with Crippen LogP contribution in [-0.2, 0) is 10.2 Å². The van der Waals surface area contributed by atoms with Crippen LogP contribution in [0.3, 0.4) is 0 Å². The van der Waals surface area contributed by atoms with Crippen LogP contribution in [0.25, 0.3) is 0 Å². The minimum Gasteiger partial charge on any atom is -0.314 e. The molecule has 0 saturated heterocycles. The van der Waals surface area contributed by atoms with Crippen molar-refractivity contribution in [2.45, 2.75) is 26.3 Å². The second kappa shape index (κ2) is 7.97. The van der Waals surface area contributed by atoms with Crippen molar-refractivity contribution in [2.75, 3.05) is 24.9 Å². The summed E-state index contributed by atoms with van der Waals surface area (Å²) in [7, 11) is -1.91. The van der Waals surface area contributed by atoms with Crippen molar-refractivity contribution in [3.63, 3.8) is 0 Å². The Morgan fingerprint density at radius 2 is 1.85 bits per heavy atom. The maximum atomic E-state index is 12.1. The lowest BCUT2D eigenvalue weighted by Crippen LogP contribution is -2.35. The molecule has 0 aromatic heterocycles. The van der Waals surface area contributed by atoms with Crippen LogP contribution < -0.4 is 10.0 Å². The molecular weight excluding hydrogens is 342 g/mol. The molecule has 0 unspecified atom stereocenters. The molecule has 0 heterocycles. The minimum atomic E-state index is -3.49. The predicted molar refractivity (Wildman–Crippen MR) is 87.1 cm³/mol. The van der Waals surface area contributed by atoms with Crippen LogP contribution in [0.1, 0.15) is 20.3 Å². The van der Waals surface area contributed by atoms with E-state index in [0.29, 0.717) is 18.3 Å². The number of rotatable bonds is 8. The summed E-state index contributed by atoms with van der Waals surface area (Å²) in [6.07, 6.45) is 0.774. The molecule has 0 aliphatic rings. The topological polar surface area (TPSA) is 61.4 Å². The van der Waals surface area contributed by atoms with Crippen LogP contribution in [0.2, 0.25) is 0 Å². The number of nitrogens with one attached hydrogen (secondary N) is 2. The highest BCUT2D eigenvalue weighted by molar-refractivity contribution is 9.10. The van der Waals surface area contributed by atoms with Gasteiger partial charge in [-0.05, 0) is 37.2 Å². The van der Waals surface area contributed by atoms with Gasteiger partial charge in [0.15, 0.2) is 0 Å². The maximum absolute atomic E-state index is 12.1. The van der Waals surface area contributed by atoms with Crippen molar-refractivity contribution in [1.29, 1.82) is 0 Å². The lowest BCUT2D eigenvalue weighted by atomic mass is 10.3. The average Bonchev–Trinajstić information content (AvgIpc) is 2.36. The molecule has 1 aromatic carbocycles. The molecule has 0 radical (unpaired) electrons. The van der Waals surface area contributed by atoms with Crippen LogP contribution >= 0.6 is 15.9 Å². The van der Waals surface area contributed by atoms with Crippen LogP contribution in [-0.4, -0.2) is 38.9 Å². The molecule has 0 saturated carbocycles. The molecule has 5 nitrogen and oxygen atoms in total. The highest BCUT2D eigenvalue weighted by Crippen LogP contribution is 2.16. The zero-order valence-electron chi connectivity index (χ0n) is 12.1. The first-order chi connectivity index (χ1) is 9.31. The van der Waals surface area contributed by atoms with Crippen molar-refractivity contribution in [2.24, 2.45) is 0 Å². The van der Waals surface area contributed by atoms with Gasteiger partial charge in [-0.25, -0.2) is 0 Å². The lowest BCUT2D eigenvalue weighted by molar-refractivity contribution is 0.451. The molecule has 20 heavy (non-hydrogen) atoms. The largest absolute Gasteiger partial charge is 0.314 e.